The zero-order valence-corrected chi connectivity index (χ0v) is 17.1. The maximum absolute atomic E-state index is 11.5. The number of rotatable bonds is 6. The summed E-state index contributed by atoms with van der Waals surface area (Å²) in [6, 6.07) is 0.217. The Kier molecular flexibility index (Phi) is 6.36. The molecule has 0 amide bonds. The highest BCUT2D eigenvalue weighted by Gasteiger charge is 2.52. The molecule has 0 spiro atoms. The van der Waals surface area contributed by atoms with Crippen LogP contribution < -0.4 is 9.47 Å². The summed E-state index contributed by atoms with van der Waals surface area (Å²) < 4.78 is 22.6. The monoisotopic (exact) mass is 380 g/mol. The van der Waals surface area contributed by atoms with E-state index in [1.54, 1.807) is 6.20 Å². The zero-order chi connectivity index (χ0) is 19.5. The predicted molar refractivity (Wildman–Crippen MR) is 102 cm³/mol. The predicted octanol–water partition coefficient (Wildman–Crippen LogP) is 2.79. The average molecular weight is 380 g/mol. The Morgan fingerprint density at radius 2 is 1.85 bits per heavy atom. The third-order valence-electron chi connectivity index (χ3n) is 4.47. The van der Waals surface area contributed by atoms with Crippen LogP contribution in [0.4, 0.5) is 0 Å². The molecule has 7 nitrogen and oxygen atoms in total. The van der Waals surface area contributed by atoms with Crippen LogP contribution >= 0.6 is 11.8 Å². The number of carbonyl (C=O) groups excluding carboxylic acids is 1. The molecule has 0 atom stereocenters. The van der Waals surface area contributed by atoms with E-state index in [4.69, 9.17) is 18.8 Å². The van der Waals surface area contributed by atoms with Crippen LogP contribution in [-0.4, -0.2) is 53.4 Å². The standard InChI is InChI=1S/C17H25BN2O5S/c1-11(21)26-10-13(18-24-16(2,3)17(4,5)25-18)8-12-9-19-15(23-7)20-14(12)22-6/h8-9H,10H2,1-7H3. The molecule has 2 heterocycles. The van der Waals surface area contributed by atoms with Gasteiger partial charge in [-0.15, -0.1) is 0 Å². The fourth-order valence-electron chi connectivity index (χ4n) is 2.28. The molecule has 2 rings (SSSR count). The van der Waals surface area contributed by atoms with E-state index >= 15 is 0 Å². The summed E-state index contributed by atoms with van der Waals surface area (Å²) in [7, 11) is 2.44. The summed E-state index contributed by atoms with van der Waals surface area (Å²) in [5, 5.41) is 0.0189. The largest absolute Gasteiger partial charge is 0.491 e. The topological polar surface area (TPSA) is 79.8 Å². The zero-order valence-electron chi connectivity index (χ0n) is 16.3. The van der Waals surface area contributed by atoms with Gasteiger partial charge in [-0.3, -0.25) is 4.79 Å². The second kappa shape index (κ2) is 7.98. The van der Waals surface area contributed by atoms with Gasteiger partial charge in [0.2, 0.25) is 5.88 Å². The first-order valence-corrected chi connectivity index (χ1v) is 9.22. The molecule has 1 saturated heterocycles. The molecule has 0 unspecified atom stereocenters. The maximum Gasteiger partial charge on any atom is 0.491 e. The lowest BCUT2D eigenvalue weighted by atomic mass is 9.78. The summed E-state index contributed by atoms with van der Waals surface area (Å²) in [4.78, 5) is 19.8. The Hall–Kier alpha value is -1.58. The number of aromatic nitrogens is 2. The number of hydrogen-bond acceptors (Lipinski definition) is 8. The van der Waals surface area contributed by atoms with Gasteiger partial charge in [0.15, 0.2) is 5.12 Å². The van der Waals surface area contributed by atoms with Crippen molar-refractivity contribution in [3.05, 3.63) is 17.2 Å². The van der Waals surface area contributed by atoms with Gasteiger partial charge in [0.1, 0.15) is 0 Å². The summed E-state index contributed by atoms with van der Waals surface area (Å²) in [6.45, 7) is 9.48. The van der Waals surface area contributed by atoms with Crippen molar-refractivity contribution >= 4 is 30.1 Å². The van der Waals surface area contributed by atoms with Crippen LogP contribution in [0.3, 0.4) is 0 Å². The lowest BCUT2D eigenvalue weighted by Crippen LogP contribution is -2.41. The van der Waals surface area contributed by atoms with Gasteiger partial charge in [-0.2, -0.15) is 4.98 Å². The van der Waals surface area contributed by atoms with Gasteiger partial charge in [0.25, 0.3) is 0 Å². The number of methoxy groups -OCH3 is 2. The Labute approximate surface area is 159 Å². The molecule has 0 radical (unpaired) electrons. The highest BCUT2D eigenvalue weighted by atomic mass is 32.2. The molecule has 1 aromatic heterocycles. The van der Waals surface area contributed by atoms with Crippen LogP contribution in [0.15, 0.2) is 11.7 Å². The van der Waals surface area contributed by atoms with Crippen molar-refractivity contribution < 1.29 is 23.6 Å². The van der Waals surface area contributed by atoms with Crippen molar-refractivity contribution in [3.8, 4) is 11.9 Å². The molecule has 1 fully saturated rings. The van der Waals surface area contributed by atoms with Crippen molar-refractivity contribution in [2.24, 2.45) is 0 Å². The second-order valence-electron chi connectivity index (χ2n) is 6.91. The van der Waals surface area contributed by atoms with Crippen LogP contribution in [0.2, 0.25) is 0 Å². The minimum Gasteiger partial charge on any atom is -0.480 e. The number of hydrogen-bond donors (Lipinski definition) is 0. The summed E-state index contributed by atoms with van der Waals surface area (Å²) >= 11 is 1.19. The van der Waals surface area contributed by atoms with Gasteiger partial charge in [0, 0.05) is 18.9 Å². The number of carbonyl (C=O) groups is 1. The van der Waals surface area contributed by atoms with Crippen LogP contribution in [0, 0.1) is 0 Å². The maximum atomic E-state index is 11.5. The van der Waals surface area contributed by atoms with Crippen molar-refractivity contribution in [2.45, 2.75) is 45.8 Å². The molecule has 0 aromatic carbocycles. The van der Waals surface area contributed by atoms with E-state index in [1.807, 2.05) is 33.8 Å². The van der Waals surface area contributed by atoms with E-state index in [1.165, 1.54) is 32.9 Å². The molecule has 0 saturated carbocycles. The van der Waals surface area contributed by atoms with Gasteiger partial charge >= 0.3 is 13.1 Å². The summed E-state index contributed by atoms with van der Waals surface area (Å²) in [6.07, 6.45) is 3.45. The van der Waals surface area contributed by atoms with Crippen molar-refractivity contribution in [2.75, 3.05) is 20.0 Å². The molecular formula is C17H25BN2O5S. The molecule has 0 N–H and O–H groups in total. The van der Waals surface area contributed by atoms with E-state index in [-0.39, 0.29) is 11.1 Å². The second-order valence-corrected chi connectivity index (χ2v) is 8.06. The third kappa shape index (κ3) is 4.58. The highest BCUT2D eigenvalue weighted by molar-refractivity contribution is 8.13. The van der Waals surface area contributed by atoms with Gasteiger partial charge in [0.05, 0.1) is 31.0 Å². The van der Waals surface area contributed by atoms with Crippen molar-refractivity contribution in [1.29, 1.82) is 0 Å². The first kappa shape index (κ1) is 20.7. The fraction of sp³-hybridized carbons (Fsp3) is 0.588. The van der Waals surface area contributed by atoms with Crippen LogP contribution in [-0.2, 0) is 14.1 Å². The van der Waals surface area contributed by atoms with E-state index < -0.39 is 18.3 Å². The molecule has 1 aromatic rings. The van der Waals surface area contributed by atoms with Crippen molar-refractivity contribution in [3.63, 3.8) is 0 Å². The quantitative estimate of drug-likeness (QED) is 0.697. The van der Waals surface area contributed by atoms with E-state index in [0.717, 1.165) is 5.47 Å². The first-order chi connectivity index (χ1) is 12.1. The minimum absolute atomic E-state index is 0.0189. The smallest absolute Gasteiger partial charge is 0.480 e. The molecule has 26 heavy (non-hydrogen) atoms. The fourth-order valence-corrected chi connectivity index (χ4v) is 2.87. The number of nitrogens with zero attached hydrogens (tertiary/aromatic N) is 2. The van der Waals surface area contributed by atoms with Crippen LogP contribution in [0.25, 0.3) is 6.08 Å². The minimum atomic E-state index is -0.571. The van der Waals surface area contributed by atoms with Crippen molar-refractivity contribution in [1.82, 2.24) is 9.97 Å². The van der Waals surface area contributed by atoms with E-state index in [0.29, 0.717) is 17.2 Å². The molecular weight excluding hydrogens is 355 g/mol. The van der Waals surface area contributed by atoms with Crippen LogP contribution in [0.1, 0.15) is 40.2 Å². The Morgan fingerprint density at radius 1 is 1.23 bits per heavy atom. The first-order valence-electron chi connectivity index (χ1n) is 8.24. The Morgan fingerprint density at radius 3 is 2.35 bits per heavy atom. The summed E-state index contributed by atoms with van der Waals surface area (Å²) in [5.74, 6) is 0.806. The van der Waals surface area contributed by atoms with Gasteiger partial charge in [-0.25, -0.2) is 4.98 Å². The lowest BCUT2D eigenvalue weighted by Gasteiger charge is -2.32. The Balaban J connectivity index is 2.39. The summed E-state index contributed by atoms with van der Waals surface area (Å²) in [5.41, 5.74) is 0.508. The van der Waals surface area contributed by atoms with Crippen LogP contribution in [0.5, 0.6) is 11.9 Å². The van der Waals surface area contributed by atoms with Gasteiger partial charge in [-0.1, -0.05) is 17.8 Å². The number of thioether (sulfide) groups is 1. The molecule has 1 aliphatic rings. The van der Waals surface area contributed by atoms with E-state index in [9.17, 15) is 4.79 Å². The van der Waals surface area contributed by atoms with Gasteiger partial charge in [-0.05, 0) is 33.2 Å². The average Bonchev–Trinajstić information content (AvgIpc) is 2.79. The molecule has 142 valence electrons. The molecule has 1 aliphatic heterocycles. The molecule has 9 heteroatoms. The van der Waals surface area contributed by atoms with E-state index in [2.05, 4.69) is 9.97 Å². The normalized spacial score (nSPS) is 18.7. The molecule has 0 aliphatic carbocycles. The lowest BCUT2D eigenvalue weighted by molar-refractivity contribution is -0.109. The number of ether oxygens (including phenoxy) is 2. The highest BCUT2D eigenvalue weighted by Crippen LogP contribution is 2.39. The Bertz CT molecular complexity index is 692. The van der Waals surface area contributed by atoms with Gasteiger partial charge < -0.3 is 18.8 Å². The third-order valence-corrected chi connectivity index (χ3v) is 5.36. The molecule has 0 bridgehead atoms. The SMILES string of the molecule is COc1ncc(C=C(CSC(C)=O)B2OC(C)(C)C(C)(C)O2)c(OC)n1.